The highest BCUT2D eigenvalue weighted by Crippen LogP contribution is 2.18. The van der Waals surface area contributed by atoms with Crippen LogP contribution in [0.25, 0.3) is 0 Å². The van der Waals surface area contributed by atoms with Gasteiger partial charge in [-0.2, -0.15) is 0 Å². The minimum Gasteiger partial charge on any atom is -0.396 e. The Morgan fingerprint density at radius 1 is 1.35 bits per heavy atom. The molecule has 0 saturated carbocycles. The lowest BCUT2D eigenvalue weighted by Gasteiger charge is -2.39. The summed E-state index contributed by atoms with van der Waals surface area (Å²) in [6.45, 7) is 4.09. The van der Waals surface area contributed by atoms with Crippen molar-refractivity contribution in [1.82, 2.24) is 5.32 Å². The highest BCUT2D eigenvalue weighted by Gasteiger charge is 2.23. The molecule has 0 aliphatic carbocycles. The van der Waals surface area contributed by atoms with Gasteiger partial charge in [-0.05, 0) is 37.6 Å². The lowest BCUT2D eigenvalue weighted by atomic mass is 10.1. The number of halogens is 1. The zero-order chi connectivity index (χ0) is 12.3. The summed E-state index contributed by atoms with van der Waals surface area (Å²) in [5.74, 6) is -0.205. The summed E-state index contributed by atoms with van der Waals surface area (Å²) in [5, 5.41) is 12.4. The first-order valence-corrected chi connectivity index (χ1v) is 6.06. The number of aliphatic hydroxyl groups excluding tert-OH is 1. The van der Waals surface area contributed by atoms with E-state index in [-0.39, 0.29) is 12.4 Å². The van der Waals surface area contributed by atoms with Gasteiger partial charge in [0.05, 0.1) is 0 Å². The van der Waals surface area contributed by atoms with Crippen molar-refractivity contribution in [3.05, 3.63) is 30.1 Å². The second kappa shape index (κ2) is 5.47. The number of hydrogen-bond acceptors (Lipinski definition) is 3. The third kappa shape index (κ3) is 3.17. The van der Waals surface area contributed by atoms with Crippen molar-refractivity contribution in [2.45, 2.75) is 25.4 Å². The summed E-state index contributed by atoms with van der Waals surface area (Å²) in [5.41, 5.74) is 1.04. The van der Waals surface area contributed by atoms with Gasteiger partial charge in [-0.1, -0.05) is 0 Å². The highest BCUT2D eigenvalue weighted by atomic mass is 19.1. The van der Waals surface area contributed by atoms with Gasteiger partial charge < -0.3 is 15.3 Å². The van der Waals surface area contributed by atoms with Crippen LogP contribution in [0.3, 0.4) is 0 Å². The Kier molecular flexibility index (Phi) is 3.97. The lowest BCUT2D eigenvalue weighted by Crippen LogP contribution is -2.55. The van der Waals surface area contributed by atoms with Crippen LogP contribution in [0.15, 0.2) is 24.3 Å². The predicted molar refractivity (Wildman–Crippen MR) is 66.7 cm³/mol. The second-order valence-electron chi connectivity index (χ2n) is 4.66. The van der Waals surface area contributed by atoms with Crippen LogP contribution in [0.4, 0.5) is 10.1 Å². The molecule has 1 fully saturated rings. The van der Waals surface area contributed by atoms with Gasteiger partial charge in [0.25, 0.3) is 0 Å². The van der Waals surface area contributed by atoms with E-state index in [0.717, 1.165) is 25.2 Å². The average Bonchev–Trinajstić information content (AvgIpc) is 2.29. The van der Waals surface area contributed by atoms with Crippen LogP contribution in [-0.4, -0.2) is 36.9 Å². The van der Waals surface area contributed by atoms with Crippen LogP contribution in [0, 0.1) is 5.82 Å². The maximum atomic E-state index is 12.9. The van der Waals surface area contributed by atoms with Gasteiger partial charge in [0.15, 0.2) is 0 Å². The van der Waals surface area contributed by atoms with E-state index in [4.69, 9.17) is 5.11 Å². The lowest BCUT2D eigenvalue weighted by molar-refractivity contribution is 0.250. The predicted octanol–water partition coefficient (Wildman–Crippen LogP) is 1.37. The molecule has 0 amide bonds. The Labute approximate surface area is 101 Å². The molecule has 4 heteroatoms. The Balaban J connectivity index is 2.06. The molecule has 0 spiro atoms. The fourth-order valence-corrected chi connectivity index (χ4v) is 2.37. The standard InChI is InChI=1S/C13H19FN2O/c1-10-8-16(9-12(15-10)6-7-17)13-4-2-11(14)3-5-13/h2-5,10,12,15,17H,6-9H2,1H3. The first-order valence-electron chi connectivity index (χ1n) is 6.06. The first-order chi connectivity index (χ1) is 8.19. The normalized spacial score (nSPS) is 25.0. The molecule has 1 aliphatic rings. The van der Waals surface area contributed by atoms with Crippen LogP contribution < -0.4 is 10.2 Å². The van der Waals surface area contributed by atoms with Crippen LogP contribution in [0.5, 0.6) is 0 Å². The van der Waals surface area contributed by atoms with E-state index in [1.54, 1.807) is 0 Å². The van der Waals surface area contributed by atoms with E-state index in [9.17, 15) is 4.39 Å². The molecule has 2 unspecified atom stereocenters. The molecule has 3 nitrogen and oxygen atoms in total. The largest absolute Gasteiger partial charge is 0.396 e. The van der Waals surface area contributed by atoms with Crippen molar-refractivity contribution in [3.63, 3.8) is 0 Å². The van der Waals surface area contributed by atoms with E-state index < -0.39 is 0 Å². The van der Waals surface area contributed by atoms with E-state index in [1.165, 1.54) is 12.1 Å². The number of piperazine rings is 1. The van der Waals surface area contributed by atoms with E-state index >= 15 is 0 Å². The molecule has 1 heterocycles. The third-order valence-electron chi connectivity index (χ3n) is 3.12. The highest BCUT2D eigenvalue weighted by molar-refractivity contribution is 5.47. The average molecular weight is 238 g/mol. The van der Waals surface area contributed by atoms with Gasteiger partial charge in [0.1, 0.15) is 5.82 Å². The van der Waals surface area contributed by atoms with Crippen molar-refractivity contribution in [3.8, 4) is 0 Å². The maximum absolute atomic E-state index is 12.9. The van der Waals surface area contributed by atoms with Crippen LogP contribution in [0.2, 0.25) is 0 Å². The molecule has 17 heavy (non-hydrogen) atoms. The molecular weight excluding hydrogens is 219 g/mol. The number of rotatable bonds is 3. The van der Waals surface area contributed by atoms with Crippen LogP contribution in [-0.2, 0) is 0 Å². The molecule has 0 radical (unpaired) electrons. The van der Waals surface area contributed by atoms with Gasteiger partial charge in [-0.25, -0.2) is 4.39 Å². The number of anilines is 1. The minimum absolute atomic E-state index is 0.196. The molecule has 2 N–H and O–H groups in total. The summed E-state index contributed by atoms with van der Waals surface area (Å²) in [4.78, 5) is 2.24. The van der Waals surface area contributed by atoms with E-state index in [0.29, 0.717) is 12.1 Å². The molecule has 0 aromatic heterocycles. The maximum Gasteiger partial charge on any atom is 0.123 e. The van der Waals surface area contributed by atoms with Crippen molar-refractivity contribution < 1.29 is 9.50 Å². The second-order valence-corrected chi connectivity index (χ2v) is 4.66. The number of nitrogens with zero attached hydrogens (tertiary/aromatic N) is 1. The van der Waals surface area contributed by atoms with Gasteiger partial charge in [-0.15, -0.1) is 0 Å². The Morgan fingerprint density at radius 2 is 2.06 bits per heavy atom. The molecule has 1 aromatic rings. The first kappa shape index (κ1) is 12.3. The van der Waals surface area contributed by atoms with Gasteiger partial charge >= 0.3 is 0 Å². The van der Waals surface area contributed by atoms with Gasteiger partial charge in [0, 0.05) is 37.5 Å². The van der Waals surface area contributed by atoms with Crippen molar-refractivity contribution in [1.29, 1.82) is 0 Å². The number of hydrogen-bond donors (Lipinski definition) is 2. The molecule has 2 rings (SSSR count). The van der Waals surface area contributed by atoms with Crippen LogP contribution >= 0.6 is 0 Å². The van der Waals surface area contributed by atoms with Crippen molar-refractivity contribution in [2.75, 3.05) is 24.6 Å². The summed E-state index contributed by atoms with van der Waals surface area (Å²) < 4.78 is 12.9. The minimum atomic E-state index is -0.205. The Morgan fingerprint density at radius 3 is 2.71 bits per heavy atom. The zero-order valence-electron chi connectivity index (χ0n) is 10.1. The van der Waals surface area contributed by atoms with E-state index in [2.05, 4.69) is 17.1 Å². The number of nitrogens with one attached hydrogen (secondary N) is 1. The monoisotopic (exact) mass is 238 g/mol. The SMILES string of the molecule is CC1CN(c2ccc(F)cc2)CC(CCO)N1. The molecule has 0 bridgehead atoms. The van der Waals surface area contributed by atoms with Crippen LogP contribution in [0.1, 0.15) is 13.3 Å². The smallest absolute Gasteiger partial charge is 0.123 e. The quantitative estimate of drug-likeness (QED) is 0.835. The summed E-state index contributed by atoms with van der Waals surface area (Å²) >= 11 is 0. The fourth-order valence-electron chi connectivity index (χ4n) is 2.37. The number of aliphatic hydroxyl groups is 1. The third-order valence-corrected chi connectivity index (χ3v) is 3.12. The van der Waals surface area contributed by atoms with Crippen molar-refractivity contribution in [2.24, 2.45) is 0 Å². The summed E-state index contributed by atoms with van der Waals surface area (Å²) in [7, 11) is 0. The molecule has 1 aliphatic heterocycles. The van der Waals surface area contributed by atoms with Gasteiger partial charge in [0.2, 0.25) is 0 Å². The molecule has 2 atom stereocenters. The molecule has 94 valence electrons. The summed E-state index contributed by atoms with van der Waals surface area (Å²) in [6.07, 6.45) is 0.752. The molecule has 1 saturated heterocycles. The Hall–Kier alpha value is -1.13. The van der Waals surface area contributed by atoms with E-state index in [1.807, 2.05) is 12.1 Å². The zero-order valence-corrected chi connectivity index (χ0v) is 10.1. The molecule has 1 aromatic carbocycles. The van der Waals surface area contributed by atoms with Crippen molar-refractivity contribution >= 4 is 5.69 Å². The van der Waals surface area contributed by atoms with Gasteiger partial charge in [-0.3, -0.25) is 0 Å². The number of benzene rings is 1. The summed E-state index contributed by atoms with van der Waals surface area (Å²) in [6, 6.07) is 7.28. The molecular formula is C13H19FN2O. The topological polar surface area (TPSA) is 35.5 Å². The Bertz CT molecular complexity index is 355. The fraction of sp³-hybridized carbons (Fsp3) is 0.538.